The van der Waals surface area contributed by atoms with Gasteiger partial charge in [-0.2, -0.15) is 0 Å². The maximum atomic E-state index is 13.2. The normalized spacial score (nSPS) is 10.8. The average Bonchev–Trinajstić information content (AvgIpc) is 3.32. The van der Waals surface area contributed by atoms with Crippen molar-refractivity contribution in [3.05, 3.63) is 114 Å². The van der Waals surface area contributed by atoms with E-state index in [1.165, 1.54) is 10.5 Å². The van der Waals surface area contributed by atoms with Gasteiger partial charge in [-0.05, 0) is 35.7 Å². The van der Waals surface area contributed by atoms with E-state index in [0.29, 0.717) is 22.5 Å². The Kier molecular flexibility index (Phi) is 8.21. The summed E-state index contributed by atoms with van der Waals surface area (Å²) in [5.74, 6) is 0.0399. The molecule has 1 aromatic heterocycles. The summed E-state index contributed by atoms with van der Waals surface area (Å²) >= 11 is 6.22. The highest BCUT2D eigenvalue weighted by molar-refractivity contribution is 6.33. The number of carbonyl (C=O) groups excluding carboxylic acids is 2. The van der Waals surface area contributed by atoms with Gasteiger partial charge < -0.3 is 4.90 Å². The molecule has 1 N–H and O–H groups in total. The van der Waals surface area contributed by atoms with Crippen LogP contribution < -0.4 is 5.32 Å². The van der Waals surface area contributed by atoms with Gasteiger partial charge in [-0.1, -0.05) is 86.1 Å². The Hall–Kier alpha value is -4.16. The fourth-order valence-electron chi connectivity index (χ4n) is 3.95. The molecule has 0 radical (unpaired) electrons. The number of hydrogen-bond acceptors (Lipinski definition) is 3. The minimum Gasteiger partial charge on any atom is -0.326 e. The smallest absolute Gasteiger partial charge is 0.256 e. The Labute approximate surface area is 222 Å². The average molecular weight is 513 g/mol. The van der Waals surface area contributed by atoms with E-state index in [1.807, 2.05) is 53.2 Å². The molecule has 2 amide bonds. The van der Waals surface area contributed by atoms with E-state index in [0.717, 1.165) is 16.9 Å². The van der Waals surface area contributed by atoms with Crippen LogP contribution in [-0.2, 0) is 4.79 Å². The van der Waals surface area contributed by atoms with Crippen molar-refractivity contribution >= 4 is 29.4 Å². The van der Waals surface area contributed by atoms with Crippen molar-refractivity contribution in [3.8, 4) is 16.9 Å². The van der Waals surface area contributed by atoms with Crippen LogP contribution in [0, 0.1) is 0 Å². The van der Waals surface area contributed by atoms with Crippen LogP contribution in [0.15, 0.2) is 97.7 Å². The van der Waals surface area contributed by atoms with Gasteiger partial charge >= 0.3 is 0 Å². The van der Waals surface area contributed by atoms with Crippen molar-refractivity contribution in [2.45, 2.75) is 19.8 Å². The Balaban J connectivity index is 1.62. The largest absolute Gasteiger partial charge is 0.326 e. The van der Waals surface area contributed by atoms with Crippen molar-refractivity contribution in [1.29, 1.82) is 0 Å². The van der Waals surface area contributed by atoms with E-state index in [-0.39, 0.29) is 24.9 Å². The molecule has 0 aliphatic rings. The van der Waals surface area contributed by atoms with Gasteiger partial charge in [0.2, 0.25) is 11.9 Å². The minimum atomic E-state index is -0.382. The van der Waals surface area contributed by atoms with Gasteiger partial charge in [0, 0.05) is 24.0 Å². The first kappa shape index (κ1) is 25.9. The lowest BCUT2D eigenvalue weighted by molar-refractivity contribution is -0.116. The molecule has 7 heteroatoms. The maximum Gasteiger partial charge on any atom is 0.256 e. The minimum absolute atomic E-state index is 0.185. The highest BCUT2D eigenvalue weighted by Crippen LogP contribution is 2.26. The molecule has 4 aromatic rings. The Morgan fingerprint density at radius 3 is 2.35 bits per heavy atom. The Morgan fingerprint density at radius 1 is 1.03 bits per heavy atom. The highest BCUT2D eigenvalue weighted by Gasteiger charge is 2.21. The van der Waals surface area contributed by atoms with Gasteiger partial charge in [-0.15, -0.1) is 6.58 Å². The van der Waals surface area contributed by atoms with Crippen LogP contribution in [0.5, 0.6) is 0 Å². The second kappa shape index (κ2) is 11.7. The zero-order chi connectivity index (χ0) is 26.4. The summed E-state index contributed by atoms with van der Waals surface area (Å²) in [4.78, 5) is 32.4. The van der Waals surface area contributed by atoms with Crippen LogP contribution in [0.2, 0.25) is 5.02 Å². The fourth-order valence-corrected chi connectivity index (χ4v) is 4.17. The van der Waals surface area contributed by atoms with Gasteiger partial charge in [-0.3, -0.25) is 19.5 Å². The molecule has 1 heterocycles. The fraction of sp³-hybridized carbons (Fsp3) is 0.167. The number of hydrogen-bond donors (Lipinski definition) is 1. The first-order chi connectivity index (χ1) is 17.9. The second-order valence-corrected chi connectivity index (χ2v) is 9.34. The molecule has 0 atom stereocenters. The third kappa shape index (κ3) is 6.16. The zero-order valence-electron chi connectivity index (χ0n) is 20.9. The molecular formula is C30H29ClN4O2. The molecule has 0 bridgehead atoms. The monoisotopic (exact) mass is 512 g/mol. The quantitative estimate of drug-likeness (QED) is 0.257. The van der Waals surface area contributed by atoms with E-state index in [9.17, 15) is 9.59 Å². The molecule has 37 heavy (non-hydrogen) atoms. The van der Waals surface area contributed by atoms with Crippen molar-refractivity contribution in [1.82, 2.24) is 14.5 Å². The predicted molar refractivity (Wildman–Crippen MR) is 149 cm³/mol. The number of carbonyl (C=O) groups is 2. The van der Waals surface area contributed by atoms with Gasteiger partial charge in [0.1, 0.15) is 6.54 Å². The number of imidazole rings is 1. The number of benzene rings is 3. The molecule has 0 unspecified atom stereocenters. The van der Waals surface area contributed by atoms with Gasteiger partial charge in [0.25, 0.3) is 5.91 Å². The predicted octanol–water partition coefficient (Wildman–Crippen LogP) is 6.58. The highest BCUT2D eigenvalue weighted by atomic mass is 35.5. The Morgan fingerprint density at radius 2 is 1.70 bits per heavy atom. The number of anilines is 1. The third-order valence-electron chi connectivity index (χ3n) is 5.94. The number of aromatic nitrogens is 2. The standard InChI is InChI=1S/C30H29ClN4O2/c1-4-18-34(29(37)25-12-8-9-13-26(25)31)20-28(36)33-30-32-27(23-10-6-5-7-11-23)19-35(30)24-16-14-22(15-17-24)21(2)3/h4-17,19,21H,1,18,20H2,2-3H3,(H,32,33,36). The van der Waals surface area contributed by atoms with Crippen LogP contribution in [0.3, 0.4) is 0 Å². The van der Waals surface area contributed by atoms with Crippen LogP contribution in [0.4, 0.5) is 5.95 Å². The van der Waals surface area contributed by atoms with Crippen molar-refractivity contribution in [2.24, 2.45) is 0 Å². The van der Waals surface area contributed by atoms with Crippen molar-refractivity contribution in [2.75, 3.05) is 18.4 Å². The molecule has 0 saturated carbocycles. The third-order valence-corrected chi connectivity index (χ3v) is 6.27. The molecule has 4 rings (SSSR count). The first-order valence-electron chi connectivity index (χ1n) is 12.1. The number of halogens is 1. The zero-order valence-corrected chi connectivity index (χ0v) is 21.7. The number of nitrogens with zero attached hydrogens (tertiary/aromatic N) is 3. The van der Waals surface area contributed by atoms with Crippen LogP contribution in [0.25, 0.3) is 16.9 Å². The maximum absolute atomic E-state index is 13.2. The number of rotatable bonds is 9. The van der Waals surface area contributed by atoms with E-state index < -0.39 is 0 Å². The Bertz CT molecular complexity index is 1390. The molecule has 0 aliphatic heterocycles. The van der Waals surface area contributed by atoms with Crippen LogP contribution >= 0.6 is 11.6 Å². The molecule has 0 saturated heterocycles. The van der Waals surface area contributed by atoms with E-state index in [4.69, 9.17) is 16.6 Å². The second-order valence-electron chi connectivity index (χ2n) is 8.93. The van der Waals surface area contributed by atoms with E-state index in [2.05, 4.69) is 37.9 Å². The van der Waals surface area contributed by atoms with Gasteiger partial charge in [0.05, 0.1) is 16.3 Å². The van der Waals surface area contributed by atoms with E-state index >= 15 is 0 Å². The van der Waals surface area contributed by atoms with E-state index in [1.54, 1.807) is 30.3 Å². The summed E-state index contributed by atoms with van der Waals surface area (Å²) in [5, 5.41) is 3.23. The summed E-state index contributed by atoms with van der Waals surface area (Å²) in [5.41, 5.74) is 4.06. The first-order valence-corrected chi connectivity index (χ1v) is 12.4. The van der Waals surface area contributed by atoms with Gasteiger partial charge in [-0.25, -0.2) is 4.98 Å². The molecular weight excluding hydrogens is 484 g/mol. The lowest BCUT2D eigenvalue weighted by Gasteiger charge is -2.21. The summed E-state index contributed by atoms with van der Waals surface area (Å²) < 4.78 is 1.85. The molecule has 6 nitrogen and oxygen atoms in total. The molecule has 0 fully saturated rings. The van der Waals surface area contributed by atoms with Crippen LogP contribution in [-0.4, -0.2) is 39.4 Å². The SMILES string of the molecule is C=CCN(CC(=O)Nc1nc(-c2ccccc2)cn1-c1ccc(C(C)C)cc1)C(=O)c1ccccc1Cl. The lowest BCUT2D eigenvalue weighted by Crippen LogP contribution is -2.38. The summed E-state index contributed by atoms with van der Waals surface area (Å²) in [6.45, 7) is 8.02. The number of amides is 2. The summed E-state index contributed by atoms with van der Waals surface area (Å²) in [6.07, 6.45) is 3.47. The molecule has 188 valence electrons. The topological polar surface area (TPSA) is 67.2 Å². The van der Waals surface area contributed by atoms with Crippen LogP contribution in [0.1, 0.15) is 35.7 Å². The molecule has 0 aliphatic carbocycles. The molecule has 0 spiro atoms. The van der Waals surface area contributed by atoms with Gasteiger partial charge in [0.15, 0.2) is 0 Å². The molecule has 3 aromatic carbocycles. The van der Waals surface area contributed by atoms with Crippen molar-refractivity contribution < 1.29 is 9.59 Å². The number of nitrogens with one attached hydrogen (secondary N) is 1. The lowest BCUT2D eigenvalue weighted by atomic mass is 10.0. The summed E-state index contributed by atoms with van der Waals surface area (Å²) in [6, 6.07) is 24.7. The van der Waals surface area contributed by atoms with Crippen molar-refractivity contribution in [3.63, 3.8) is 0 Å². The summed E-state index contributed by atoms with van der Waals surface area (Å²) in [7, 11) is 0.